The topological polar surface area (TPSA) is 75.6 Å². The molecule has 0 spiro atoms. The smallest absolute Gasteiger partial charge is 0.220 e. The summed E-state index contributed by atoms with van der Waals surface area (Å²) in [6.45, 7) is 3.69. The van der Waals surface area contributed by atoms with Crippen LogP contribution in [0, 0.1) is 18.3 Å². The molecule has 0 aromatic carbocycles. The third-order valence-electron chi connectivity index (χ3n) is 1.63. The van der Waals surface area contributed by atoms with Crippen molar-refractivity contribution in [1.29, 1.82) is 5.26 Å². The number of rotatable bonds is 1. The first-order valence-corrected chi connectivity index (χ1v) is 3.72. The lowest BCUT2D eigenvalue weighted by Crippen LogP contribution is -2.04. The van der Waals surface area contributed by atoms with Crippen molar-refractivity contribution < 1.29 is 0 Å². The second-order valence-corrected chi connectivity index (χ2v) is 2.45. The van der Waals surface area contributed by atoms with Crippen LogP contribution < -0.4 is 5.73 Å². The largest absolute Gasteiger partial charge is 0.368 e. The lowest BCUT2D eigenvalue weighted by Gasteiger charge is -2.02. The summed E-state index contributed by atoms with van der Waals surface area (Å²) in [6.07, 6.45) is 0.705. The van der Waals surface area contributed by atoms with Crippen molar-refractivity contribution in [3.63, 3.8) is 0 Å². The van der Waals surface area contributed by atoms with Gasteiger partial charge in [-0.05, 0) is 13.3 Å². The Kier molecular flexibility index (Phi) is 2.24. The molecule has 12 heavy (non-hydrogen) atoms. The average molecular weight is 162 g/mol. The third-order valence-corrected chi connectivity index (χ3v) is 1.63. The van der Waals surface area contributed by atoms with E-state index in [0.717, 1.165) is 5.69 Å². The summed E-state index contributed by atoms with van der Waals surface area (Å²) in [6, 6.07) is 2.06. The summed E-state index contributed by atoms with van der Waals surface area (Å²) in [5.41, 5.74) is 7.35. The zero-order chi connectivity index (χ0) is 9.14. The van der Waals surface area contributed by atoms with Gasteiger partial charge in [0.25, 0.3) is 0 Å². The highest BCUT2D eigenvalue weighted by Gasteiger charge is 2.07. The van der Waals surface area contributed by atoms with E-state index in [2.05, 4.69) is 16.0 Å². The number of anilines is 1. The minimum atomic E-state index is 0.239. The second-order valence-electron chi connectivity index (χ2n) is 2.45. The lowest BCUT2D eigenvalue weighted by atomic mass is 10.1. The van der Waals surface area contributed by atoms with Crippen LogP contribution in [0.3, 0.4) is 0 Å². The van der Waals surface area contributed by atoms with Crippen LogP contribution in [0.25, 0.3) is 0 Å². The Morgan fingerprint density at radius 3 is 2.67 bits per heavy atom. The van der Waals surface area contributed by atoms with Gasteiger partial charge in [-0.25, -0.2) is 9.97 Å². The van der Waals surface area contributed by atoms with Gasteiger partial charge in [-0.2, -0.15) is 5.26 Å². The molecule has 0 saturated carbocycles. The van der Waals surface area contributed by atoms with Crippen molar-refractivity contribution in [3.8, 4) is 6.07 Å². The van der Waals surface area contributed by atoms with Gasteiger partial charge in [0, 0.05) is 0 Å². The predicted molar refractivity (Wildman–Crippen MR) is 45.3 cm³/mol. The molecule has 0 bridgehead atoms. The van der Waals surface area contributed by atoms with E-state index in [1.54, 1.807) is 6.92 Å². The molecule has 0 atom stereocenters. The molecule has 4 nitrogen and oxygen atoms in total. The van der Waals surface area contributed by atoms with Crippen molar-refractivity contribution in [1.82, 2.24) is 9.97 Å². The third kappa shape index (κ3) is 1.35. The molecule has 0 aliphatic rings. The lowest BCUT2D eigenvalue weighted by molar-refractivity contribution is 0.974. The van der Waals surface area contributed by atoms with Crippen molar-refractivity contribution in [3.05, 3.63) is 17.0 Å². The second kappa shape index (κ2) is 3.18. The van der Waals surface area contributed by atoms with Crippen LogP contribution in [0.4, 0.5) is 5.95 Å². The number of aromatic nitrogens is 2. The maximum absolute atomic E-state index is 8.75. The Labute approximate surface area is 71.1 Å². The van der Waals surface area contributed by atoms with Gasteiger partial charge in [0.2, 0.25) is 5.95 Å². The first-order chi connectivity index (χ1) is 5.69. The van der Waals surface area contributed by atoms with Crippen molar-refractivity contribution in [2.24, 2.45) is 0 Å². The molecule has 1 aromatic rings. The highest BCUT2D eigenvalue weighted by Crippen LogP contribution is 2.10. The maximum atomic E-state index is 8.75. The number of aryl methyl sites for hydroxylation is 2. The van der Waals surface area contributed by atoms with E-state index in [1.165, 1.54) is 0 Å². The fraction of sp³-hybridized carbons (Fsp3) is 0.375. The SMILES string of the molecule is CCc1nc(N)nc(C)c1C#N. The molecule has 4 heteroatoms. The first-order valence-electron chi connectivity index (χ1n) is 3.72. The van der Waals surface area contributed by atoms with Crippen molar-refractivity contribution in [2.45, 2.75) is 20.3 Å². The normalized spacial score (nSPS) is 9.42. The van der Waals surface area contributed by atoms with Crippen LogP contribution in [-0.2, 0) is 6.42 Å². The molecule has 1 aromatic heterocycles. The van der Waals surface area contributed by atoms with E-state index >= 15 is 0 Å². The summed E-state index contributed by atoms with van der Waals surface area (Å²) in [7, 11) is 0. The van der Waals surface area contributed by atoms with Gasteiger partial charge < -0.3 is 5.73 Å². The van der Waals surface area contributed by atoms with Gasteiger partial charge in [0.05, 0.1) is 17.0 Å². The molecule has 0 amide bonds. The van der Waals surface area contributed by atoms with E-state index in [9.17, 15) is 0 Å². The van der Waals surface area contributed by atoms with Crippen molar-refractivity contribution in [2.75, 3.05) is 5.73 Å². The molecular formula is C8H10N4. The van der Waals surface area contributed by atoms with Gasteiger partial charge in [-0.15, -0.1) is 0 Å². The molecule has 0 aliphatic heterocycles. The van der Waals surface area contributed by atoms with Gasteiger partial charge in [-0.3, -0.25) is 0 Å². The Balaban J connectivity index is 3.36. The number of hydrogen-bond acceptors (Lipinski definition) is 4. The molecule has 62 valence electrons. The summed E-state index contributed by atoms with van der Waals surface area (Å²) in [4.78, 5) is 7.86. The Morgan fingerprint density at radius 1 is 1.50 bits per heavy atom. The van der Waals surface area contributed by atoms with Crippen LogP contribution >= 0.6 is 0 Å². The molecule has 0 fully saturated rings. The van der Waals surface area contributed by atoms with E-state index in [0.29, 0.717) is 17.7 Å². The van der Waals surface area contributed by atoms with Gasteiger partial charge in [0.1, 0.15) is 6.07 Å². The summed E-state index contributed by atoms with van der Waals surface area (Å²) in [5.74, 6) is 0.239. The van der Waals surface area contributed by atoms with Crippen LogP contribution in [-0.4, -0.2) is 9.97 Å². The average Bonchev–Trinajstić information content (AvgIpc) is 2.03. The van der Waals surface area contributed by atoms with Crippen LogP contribution in [0.15, 0.2) is 0 Å². The molecule has 1 heterocycles. The van der Waals surface area contributed by atoms with Crippen LogP contribution in [0.1, 0.15) is 23.9 Å². The minimum Gasteiger partial charge on any atom is -0.368 e. The zero-order valence-electron chi connectivity index (χ0n) is 7.13. The first kappa shape index (κ1) is 8.47. The molecule has 0 radical (unpaired) electrons. The molecular weight excluding hydrogens is 152 g/mol. The fourth-order valence-electron chi connectivity index (χ4n) is 1.06. The van der Waals surface area contributed by atoms with E-state index < -0.39 is 0 Å². The quantitative estimate of drug-likeness (QED) is 0.662. The number of nitrogens with two attached hydrogens (primary N) is 1. The van der Waals surface area contributed by atoms with Crippen LogP contribution in [0.5, 0.6) is 0 Å². The highest BCUT2D eigenvalue weighted by molar-refractivity contribution is 5.40. The van der Waals surface area contributed by atoms with Crippen LogP contribution in [0.2, 0.25) is 0 Å². The standard InChI is InChI=1S/C8H10N4/c1-3-7-6(4-9)5(2)11-8(10)12-7/h3H2,1-2H3,(H2,10,11,12). The minimum absolute atomic E-state index is 0.239. The number of nitrogens with zero attached hydrogens (tertiary/aromatic N) is 3. The number of nitrogen functional groups attached to an aromatic ring is 1. The molecule has 0 unspecified atom stereocenters. The number of nitriles is 1. The van der Waals surface area contributed by atoms with Gasteiger partial charge in [0.15, 0.2) is 0 Å². The summed E-state index contributed by atoms with van der Waals surface area (Å²) in [5, 5.41) is 8.75. The Bertz CT molecular complexity index is 338. The molecule has 0 aliphatic carbocycles. The fourth-order valence-corrected chi connectivity index (χ4v) is 1.06. The van der Waals surface area contributed by atoms with Crippen molar-refractivity contribution >= 4 is 5.95 Å². The molecule has 0 saturated heterocycles. The van der Waals surface area contributed by atoms with E-state index in [-0.39, 0.29) is 5.95 Å². The van der Waals surface area contributed by atoms with E-state index in [1.807, 2.05) is 6.92 Å². The predicted octanol–water partition coefficient (Wildman–Crippen LogP) is 0.801. The number of hydrogen-bond donors (Lipinski definition) is 1. The summed E-state index contributed by atoms with van der Waals surface area (Å²) >= 11 is 0. The Morgan fingerprint density at radius 2 is 2.17 bits per heavy atom. The van der Waals surface area contributed by atoms with Gasteiger partial charge in [-0.1, -0.05) is 6.92 Å². The van der Waals surface area contributed by atoms with E-state index in [4.69, 9.17) is 11.0 Å². The Hall–Kier alpha value is -1.63. The monoisotopic (exact) mass is 162 g/mol. The molecule has 2 N–H and O–H groups in total. The maximum Gasteiger partial charge on any atom is 0.220 e. The highest BCUT2D eigenvalue weighted by atomic mass is 15.0. The zero-order valence-corrected chi connectivity index (χ0v) is 7.13. The molecule has 1 rings (SSSR count). The van der Waals surface area contributed by atoms with Gasteiger partial charge >= 0.3 is 0 Å². The summed E-state index contributed by atoms with van der Waals surface area (Å²) < 4.78 is 0.